The third-order valence-corrected chi connectivity index (χ3v) is 3.37. The molecular formula is C15H19N3O. The highest BCUT2D eigenvalue weighted by molar-refractivity contribution is 6.08. The van der Waals surface area contributed by atoms with E-state index in [2.05, 4.69) is 22.3 Å². The minimum absolute atomic E-state index is 0.0528. The number of aryl methyl sites for hydroxylation is 3. The van der Waals surface area contributed by atoms with Crippen molar-refractivity contribution in [1.82, 2.24) is 15.4 Å². The Balaban J connectivity index is 2.28. The first-order valence-electron chi connectivity index (χ1n) is 6.65. The van der Waals surface area contributed by atoms with Crippen LogP contribution >= 0.6 is 0 Å². The predicted molar refractivity (Wildman–Crippen MR) is 74.3 cm³/mol. The van der Waals surface area contributed by atoms with Gasteiger partial charge in [-0.3, -0.25) is 4.79 Å². The first-order chi connectivity index (χ1) is 9.13. The van der Waals surface area contributed by atoms with E-state index in [0.717, 1.165) is 30.5 Å². The maximum absolute atomic E-state index is 12.4. The summed E-state index contributed by atoms with van der Waals surface area (Å²) in [7, 11) is 0. The zero-order chi connectivity index (χ0) is 13.8. The number of hydrogen-bond donors (Lipinski definition) is 1. The van der Waals surface area contributed by atoms with E-state index in [1.54, 1.807) is 0 Å². The summed E-state index contributed by atoms with van der Waals surface area (Å²) in [5, 5.41) is 10.7. The molecule has 0 aliphatic rings. The molecule has 4 nitrogen and oxygen atoms in total. The standard InChI is InChI=1S/C15H19N3O/c1-4-5-6-13-14(17-18-16-13)15(19)12-8-7-10(2)11(3)9-12/h7-9H,4-6H2,1-3H3,(H,16,17,18). The van der Waals surface area contributed by atoms with Crippen LogP contribution in [0.15, 0.2) is 18.2 Å². The SMILES string of the molecule is CCCCc1n[nH]nc1C(=O)c1ccc(C)c(C)c1. The number of hydrogen-bond acceptors (Lipinski definition) is 3. The second-order valence-corrected chi connectivity index (χ2v) is 4.85. The minimum Gasteiger partial charge on any atom is -0.287 e. The number of carbonyl (C=O) groups is 1. The van der Waals surface area contributed by atoms with Crippen LogP contribution in [0, 0.1) is 13.8 Å². The summed E-state index contributed by atoms with van der Waals surface area (Å²) in [4.78, 5) is 12.4. The van der Waals surface area contributed by atoms with Gasteiger partial charge in [-0.25, -0.2) is 0 Å². The number of aromatic amines is 1. The van der Waals surface area contributed by atoms with Gasteiger partial charge in [-0.1, -0.05) is 25.5 Å². The molecule has 100 valence electrons. The van der Waals surface area contributed by atoms with E-state index in [0.29, 0.717) is 11.3 Å². The average Bonchev–Trinajstić information content (AvgIpc) is 2.87. The molecule has 2 aromatic rings. The number of unbranched alkanes of at least 4 members (excludes halogenated alkanes) is 1. The quantitative estimate of drug-likeness (QED) is 0.838. The summed E-state index contributed by atoms with van der Waals surface area (Å²) in [5.41, 5.74) is 4.20. The van der Waals surface area contributed by atoms with Gasteiger partial charge in [0.25, 0.3) is 0 Å². The lowest BCUT2D eigenvalue weighted by molar-refractivity contribution is 0.103. The molecule has 1 N–H and O–H groups in total. The number of H-pyrrole nitrogens is 1. The van der Waals surface area contributed by atoms with Crippen LogP contribution in [0.3, 0.4) is 0 Å². The molecule has 1 aromatic carbocycles. The van der Waals surface area contributed by atoms with Crippen molar-refractivity contribution in [2.45, 2.75) is 40.0 Å². The zero-order valence-electron chi connectivity index (χ0n) is 11.7. The lowest BCUT2D eigenvalue weighted by atomic mass is 10.0. The van der Waals surface area contributed by atoms with Crippen molar-refractivity contribution in [1.29, 1.82) is 0 Å². The highest BCUT2D eigenvalue weighted by Crippen LogP contribution is 2.15. The summed E-state index contributed by atoms with van der Waals surface area (Å²) >= 11 is 0. The second kappa shape index (κ2) is 5.78. The van der Waals surface area contributed by atoms with Crippen molar-refractivity contribution >= 4 is 5.78 Å². The number of nitrogens with zero attached hydrogens (tertiary/aromatic N) is 2. The molecule has 19 heavy (non-hydrogen) atoms. The molecule has 0 atom stereocenters. The van der Waals surface area contributed by atoms with Gasteiger partial charge in [0.1, 0.15) is 0 Å². The van der Waals surface area contributed by atoms with Crippen molar-refractivity contribution in [2.24, 2.45) is 0 Å². The Morgan fingerprint density at radius 2 is 2.00 bits per heavy atom. The first-order valence-corrected chi connectivity index (χ1v) is 6.65. The van der Waals surface area contributed by atoms with Crippen LogP contribution in [-0.4, -0.2) is 21.2 Å². The molecule has 1 aromatic heterocycles. The molecule has 0 aliphatic heterocycles. The molecule has 0 aliphatic carbocycles. The fraction of sp³-hybridized carbons (Fsp3) is 0.400. The van der Waals surface area contributed by atoms with Gasteiger partial charge in [-0.2, -0.15) is 15.4 Å². The number of carbonyl (C=O) groups excluding carboxylic acids is 1. The molecule has 0 spiro atoms. The third-order valence-electron chi connectivity index (χ3n) is 3.37. The van der Waals surface area contributed by atoms with Crippen LogP contribution in [0.1, 0.15) is 52.6 Å². The van der Waals surface area contributed by atoms with Gasteiger partial charge in [-0.05, 0) is 43.9 Å². The van der Waals surface area contributed by atoms with E-state index in [1.807, 2.05) is 32.0 Å². The summed E-state index contributed by atoms with van der Waals surface area (Å²) < 4.78 is 0. The molecular weight excluding hydrogens is 238 g/mol. The number of aromatic nitrogens is 3. The summed E-state index contributed by atoms with van der Waals surface area (Å²) in [6, 6.07) is 5.73. The normalized spacial score (nSPS) is 10.7. The lowest BCUT2D eigenvalue weighted by Gasteiger charge is -2.04. The van der Waals surface area contributed by atoms with Gasteiger partial charge < -0.3 is 0 Å². The van der Waals surface area contributed by atoms with Crippen LogP contribution in [0.5, 0.6) is 0 Å². The molecule has 2 rings (SSSR count). The average molecular weight is 257 g/mol. The largest absolute Gasteiger partial charge is 0.287 e. The number of nitrogens with one attached hydrogen (secondary N) is 1. The van der Waals surface area contributed by atoms with Gasteiger partial charge in [-0.15, -0.1) is 0 Å². The monoisotopic (exact) mass is 257 g/mol. The van der Waals surface area contributed by atoms with E-state index in [-0.39, 0.29) is 5.78 Å². The van der Waals surface area contributed by atoms with E-state index in [4.69, 9.17) is 0 Å². The van der Waals surface area contributed by atoms with Gasteiger partial charge in [0, 0.05) is 5.56 Å². The summed E-state index contributed by atoms with van der Waals surface area (Å²) in [5.74, 6) is -0.0528. The van der Waals surface area contributed by atoms with Crippen molar-refractivity contribution < 1.29 is 4.79 Å². The number of benzene rings is 1. The van der Waals surface area contributed by atoms with E-state index in [1.165, 1.54) is 5.56 Å². The van der Waals surface area contributed by atoms with E-state index >= 15 is 0 Å². The fourth-order valence-electron chi connectivity index (χ4n) is 1.97. The van der Waals surface area contributed by atoms with Crippen LogP contribution < -0.4 is 0 Å². The number of ketones is 1. The molecule has 0 radical (unpaired) electrons. The van der Waals surface area contributed by atoms with Crippen molar-refractivity contribution in [3.63, 3.8) is 0 Å². The molecule has 0 unspecified atom stereocenters. The van der Waals surface area contributed by atoms with Crippen LogP contribution in [-0.2, 0) is 6.42 Å². The highest BCUT2D eigenvalue weighted by Gasteiger charge is 2.18. The molecule has 1 heterocycles. The third kappa shape index (κ3) is 2.89. The van der Waals surface area contributed by atoms with Crippen molar-refractivity contribution in [3.05, 3.63) is 46.3 Å². The zero-order valence-corrected chi connectivity index (χ0v) is 11.7. The summed E-state index contributed by atoms with van der Waals surface area (Å²) in [6.45, 7) is 6.16. The van der Waals surface area contributed by atoms with Crippen molar-refractivity contribution in [2.75, 3.05) is 0 Å². The molecule has 0 amide bonds. The predicted octanol–water partition coefficient (Wildman–Crippen LogP) is 3.00. The Labute approximate surface area is 113 Å². The lowest BCUT2D eigenvalue weighted by Crippen LogP contribution is -2.06. The Bertz CT molecular complexity index is 587. The Morgan fingerprint density at radius 1 is 1.21 bits per heavy atom. The Kier molecular flexibility index (Phi) is 4.10. The van der Waals surface area contributed by atoms with E-state index in [9.17, 15) is 4.79 Å². The first kappa shape index (κ1) is 13.5. The molecule has 0 saturated carbocycles. The van der Waals surface area contributed by atoms with Gasteiger partial charge in [0.05, 0.1) is 5.69 Å². The van der Waals surface area contributed by atoms with Crippen LogP contribution in [0.2, 0.25) is 0 Å². The second-order valence-electron chi connectivity index (χ2n) is 4.85. The van der Waals surface area contributed by atoms with Crippen molar-refractivity contribution in [3.8, 4) is 0 Å². The molecule has 0 bridgehead atoms. The molecule has 0 fully saturated rings. The summed E-state index contributed by atoms with van der Waals surface area (Å²) in [6.07, 6.45) is 2.88. The van der Waals surface area contributed by atoms with Gasteiger partial charge >= 0.3 is 0 Å². The van der Waals surface area contributed by atoms with Gasteiger partial charge in [0.15, 0.2) is 5.69 Å². The van der Waals surface area contributed by atoms with Crippen LogP contribution in [0.4, 0.5) is 0 Å². The van der Waals surface area contributed by atoms with E-state index < -0.39 is 0 Å². The Hall–Kier alpha value is -1.97. The van der Waals surface area contributed by atoms with Crippen LogP contribution in [0.25, 0.3) is 0 Å². The maximum Gasteiger partial charge on any atom is 0.215 e. The Morgan fingerprint density at radius 3 is 2.68 bits per heavy atom. The highest BCUT2D eigenvalue weighted by atomic mass is 16.1. The number of rotatable bonds is 5. The maximum atomic E-state index is 12.4. The minimum atomic E-state index is -0.0528. The molecule has 4 heteroatoms. The fourth-order valence-corrected chi connectivity index (χ4v) is 1.97. The van der Waals surface area contributed by atoms with Gasteiger partial charge in [0.2, 0.25) is 5.78 Å². The smallest absolute Gasteiger partial charge is 0.215 e. The molecule has 0 saturated heterocycles. The topological polar surface area (TPSA) is 58.6 Å².